The first-order valence-corrected chi connectivity index (χ1v) is 7.73. The average Bonchev–Trinajstić information content (AvgIpc) is 3.09. The van der Waals surface area contributed by atoms with Crippen molar-refractivity contribution in [2.75, 3.05) is 19.2 Å². The molecule has 0 radical (unpaired) electrons. The van der Waals surface area contributed by atoms with Crippen molar-refractivity contribution in [1.82, 2.24) is 0 Å². The second-order valence-electron chi connectivity index (χ2n) is 5.45. The van der Waals surface area contributed by atoms with Crippen molar-refractivity contribution >= 4 is 17.6 Å². The molecular formula is C18H16FNO6. The molecular weight excluding hydrogens is 345 g/mol. The van der Waals surface area contributed by atoms with Gasteiger partial charge in [0.2, 0.25) is 6.79 Å². The molecule has 0 spiro atoms. The highest BCUT2D eigenvalue weighted by atomic mass is 19.1. The minimum absolute atomic E-state index is 0.119. The molecule has 7 nitrogen and oxygen atoms in total. The molecule has 2 aromatic carbocycles. The predicted octanol–water partition coefficient (Wildman–Crippen LogP) is 2.75. The summed E-state index contributed by atoms with van der Waals surface area (Å²) < 4.78 is 34.2. The van der Waals surface area contributed by atoms with Gasteiger partial charge in [-0.1, -0.05) is 0 Å². The number of halogens is 1. The van der Waals surface area contributed by atoms with E-state index in [1.165, 1.54) is 26.2 Å². The highest BCUT2D eigenvalue weighted by Gasteiger charge is 2.22. The van der Waals surface area contributed by atoms with Crippen LogP contribution in [0.1, 0.15) is 17.3 Å². The molecule has 0 aromatic heterocycles. The maximum atomic E-state index is 13.9. The van der Waals surface area contributed by atoms with Gasteiger partial charge in [0.05, 0.1) is 12.7 Å². The van der Waals surface area contributed by atoms with E-state index in [4.69, 9.17) is 18.9 Å². The zero-order valence-electron chi connectivity index (χ0n) is 14.1. The molecule has 1 aliphatic rings. The van der Waals surface area contributed by atoms with Crippen LogP contribution < -0.4 is 19.5 Å². The maximum absolute atomic E-state index is 13.9. The summed E-state index contributed by atoms with van der Waals surface area (Å²) in [6, 6.07) is 8.60. The summed E-state index contributed by atoms with van der Waals surface area (Å²) >= 11 is 0. The van der Waals surface area contributed by atoms with Crippen molar-refractivity contribution in [3.63, 3.8) is 0 Å². The Bertz CT molecular complexity index is 854. The monoisotopic (exact) mass is 361 g/mol. The predicted molar refractivity (Wildman–Crippen MR) is 89.0 cm³/mol. The Morgan fingerprint density at radius 2 is 1.92 bits per heavy atom. The summed E-state index contributed by atoms with van der Waals surface area (Å²) in [4.78, 5) is 24.3. The van der Waals surface area contributed by atoms with Crippen LogP contribution >= 0.6 is 0 Å². The molecule has 0 aliphatic carbocycles. The van der Waals surface area contributed by atoms with E-state index in [2.05, 4.69) is 5.32 Å². The minimum Gasteiger partial charge on any atom is -0.497 e. The lowest BCUT2D eigenvalue weighted by molar-refractivity contribution is -0.123. The number of fused-ring (bicyclic) bond motifs is 1. The van der Waals surface area contributed by atoms with Crippen molar-refractivity contribution in [3.8, 4) is 17.2 Å². The third-order valence-corrected chi connectivity index (χ3v) is 3.69. The summed E-state index contributed by atoms with van der Waals surface area (Å²) in [6.07, 6.45) is -1.13. The number of nitrogens with one attached hydrogen (secondary N) is 1. The molecule has 0 saturated carbocycles. The number of benzene rings is 2. The Kier molecular flexibility index (Phi) is 4.92. The number of esters is 1. The number of methoxy groups -OCH3 is 1. The summed E-state index contributed by atoms with van der Waals surface area (Å²) in [5.41, 5.74) is 0.173. The van der Waals surface area contributed by atoms with Gasteiger partial charge >= 0.3 is 5.97 Å². The number of amides is 1. The molecule has 1 aliphatic heterocycles. The lowest BCUT2D eigenvalue weighted by Crippen LogP contribution is -2.30. The second-order valence-corrected chi connectivity index (χ2v) is 5.45. The Labute approximate surface area is 148 Å². The number of hydrogen-bond acceptors (Lipinski definition) is 6. The van der Waals surface area contributed by atoms with Gasteiger partial charge in [-0.15, -0.1) is 0 Å². The number of ether oxygens (including phenoxy) is 4. The van der Waals surface area contributed by atoms with Gasteiger partial charge in [-0.05, 0) is 31.2 Å². The summed E-state index contributed by atoms with van der Waals surface area (Å²) in [7, 11) is 1.38. The summed E-state index contributed by atoms with van der Waals surface area (Å²) in [5.74, 6) is -0.944. The standard InChI is InChI=1S/C18H16FNO6/c1-10(26-18(22)13-5-4-12(23-2)8-14(13)19)17(21)20-11-3-6-15-16(7-11)25-9-24-15/h3-8,10H,9H2,1-2H3,(H,20,21)/t10-/m1/s1. The van der Waals surface area contributed by atoms with Gasteiger partial charge in [0.25, 0.3) is 5.91 Å². The van der Waals surface area contributed by atoms with Gasteiger partial charge in [-0.2, -0.15) is 0 Å². The summed E-state index contributed by atoms with van der Waals surface area (Å²) in [6.45, 7) is 1.51. The molecule has 1 N–H and O–H groups in total. The van der Waals surface area contributed by atoms with Crippen LogP contribution in [0.4, 0.5) is 10.1 Å². The van der Waals surface area contributed by atoms with Gasteiger partial charge in [-0.25, -0.2) is 9.18 Å². The third kappa shape index (κ3) is 3.69. The van der Waals surface area contributed by atoms with Gasteiger partial charge in [0, 0.05) is 17.8 Å². The van der Waals surface area contributed by atoms with E-state index in [0.29, 0.717) is 17.2 Å². The minimum atomic E-state index is -1.13. The van der Waals surface area contributed by atoms with Crippen LogP contribution in [-0.4, -0.2) is 31.9 Å². The van der Waals surface area contributed by atoms with Crippen molar-refractivity contribution in [3.05, 3.63) is 47.8 Å². The highest BCUT2D eigenvalue weighted by Crippen LogP contribution is 2.34. The van der Waals surface area contributed by atoms with E-state index in [1.54, 1.807) is 18.2 Å². The van der Waals surface area contributed by atoms with Crippen LogP contribution in [0, 0.1) is 5.82 Å². The lowest BCUT2D eigenvalue weighted by Gasteiger charge is -2.14. The Morgan fingerprint density at radius 1 is 1.15 bits per heavy atom. The van der Waals surface area contributed by atoms with Crippen molar-refractivity contribution in [2.45, 2.75) is 13.0 Å². The highest BCUT2D eigenvalue weighted by molar-refractivity contribution is 5.97. The number of rotatable bonds is 5. The Hall–Kier alpha value is -3.29. The normalized spacial score (nSPS) is 13.0. The first-order valence-electron chi connectivity index (χ1n) is 7.73. The smallest absolute Gasteiger partial charge is 0.341 e. The fourth-order valence-corrected chi connectivity index (χ4v) is 2.28. The number of carbonyl (C=O) groups is 2. The zero-order valence-corrected chi connectivity index (χ0v) is 14.1. The van der Waals surface area contributed by atoms with Crippen molar-refractivity contribution in [1.29, 1.82) is 0 Å². The second kappa shape index (κ2) is 7.30. The molecule has 0 fully saturated rings. The zero-order chi connectivity index (χ0) is 18.7. The van der Waals surface area contributed by atoms with Crippen molar-refractivity contribution < 1.29 is 32.9 Å². The van der Waals surface area contributed by atoms with Gasteiger partial charge in [-0.3, -0.25) is 4.79 Å². The fraction of sp³-hybridized carbons (Fsp3) is 0.222. The lowest BCUT2D eigenvalue weighted by atomic mass is 10.2. The van der Waals surface area contributed by atoms with Crippen LogP contribution in [0.5, 0.6) is 17.2 Å². The first-order chi connectivity index (χ1) is 12.5. The molecule has 0 saturated heterocycles. The molecule has 1 amide bonds. The molecule has 1 heterocycles. The number of carbonyl (C=O) groups excluding carboxylic acids is 2. The van der Waals surface area contributed by atoms with Gasteiger partial charge in [0.1, 0.15) is 11.6 Å². The maximum Gasteiger partial charge on any atom is 0.341 e. The molecule has 1 atom stereocenters. The van der Waals surface area contributed by atoms with Crippen LogP contribution in [-0.2, 0) is 9.53 Å². The third-order valence-electron chi connectivity index (χ3n) is 3.69. The quantitative estimate of drug-likeness (QED) is 0.825. The van der Waals surface area contributed by atoms with Crippen molar-refractivity contribution in [2.24, 2.45) is 0 Å². The molecule has 0 bridgehead atoms. The van der Waals surface area contributed by atoms with E-state index in [0.717, 1.165) is 6.07 Å². The Morgan fingerprint density at radius 3 is 2.65 bits per heavy atom. The number of anilines is 1. The van der Waals surface area contributed by atoms with E-state index in [1.807, 2.05) is 0 Å². The van der Waals surface area contributed by atoms with E-state index >= 15 is 0 Å². The summed E-state index contributed by atoms with van der Waals surface area (Å²) in [5, 5.41) is 2.60. The molecule has 0 unspecified atom stereocenters. The van der Waals surface area contributed by atoms with Crippen LogP contribution in [0.15, 0.2) is 36.4 Å². The topological polar surface area (TPSA) is 83.1 Å². The van der Waals surface area contributed by atoms with E-state index < -0.39 is 23.8 Å². The fourth-order valence-electron chi connectivity index (χ4n) is 2.28. The largest absolute Gasteiger partial charge is 0.497 e. The molecule has 26 heavy (non-hydrogen) atoms. The number of hydrogen-bond donors (Lipinski definition) is 1. The molecule has 2 aromatic rings. The molecule has 136 valence electrons. The van der Waals surface area contributed by atoms with Gasteiger partial charge in [0.15, 0.2) is 17.6 Å². The van der Waals surface area contributed by atoms with Crippen LogP contribution in [0.3, 0.4) is 0 Å². The SMILES string of the molecule is COc1ccc(C(=O)O[C@H](C)C(=O)Nc2ccc3c(c2)OCO3)c(F)c1. The first kappa shape index (κ1) is 17.5. The van der Waals surface area contributed by atoms with E-state index in [-0.39, 0.29) is 18.1 Å². The molecule has 3 rings (SSSR count). The Balaban J connectivity index is 1.62. The van der Waals surface area contributed by atoms with E-state index in [9.17, 15) is 14.0 Å². The van der Waals surface area contributed by atoms with Crippen LogP contribution in [0.2, 0.25) is 0 Å². The van der Waals surface area contributed by atoms with Crippen LogP contribution in [0.25, 0.3) is 0 Å². The average molecular weight is 361 g/mol. The molecule has 8 heteroatoms. The van der Waals surface area contributed by atoms with Gasteiger partial charge < -0.3 is 24.3 Å².